The Bertz CT molecular complexity index is 458. The van der Waals surface area contributed by atoms with Crippen LogP contribution in [0.25, 0.3) is 0 Å². The van der Waals surface area contributed by atoms with Crippen LogP contribution >= 0.6 is 0 Å². The summed E-state index contributed by atoms with van der Waals surface area (Å²) >= 11 is 0. The Morgan fingerprint density at radius 3 is 2.50 bits per heavy atom. The molecule has 0 fully saturated rings. The molecule has 1 aromatic carbocycles. The molecule has 1 atom stereocenters. The highest BCUT2D eigenvalue weighted by Crippen LogP contribution is 2.17. The summed E-state index contributed by atoms with van der Waals surface area (Å²) in [6.07, 6.45) is 2.69. The van der Waals surface area contributed by atoms with Gasteiger partial charge in [0.15, 0.2) is 0 Å². The summed E-state index contributed by atoms with van der Waals surface area (Å²) in [5.74, 6) is -0.236. The molecule has 0 saturated heterocycles. The quantitative estimate of drug-likeness (QED) is 0.803. The second-order valence-electron chi connectivity index (χ2n) is 4.98. The van der Waals surface area contributed by atoms with E-state index in [0.29, 0.717) is 17.8 Å². The van der Waals surface area contributed by atoms with Gasteiger partial charge in [0.2, 0.25) is 5.91 Å². The fourth-order valence-electron chi connectivity index (χ4n) is 1.94. The average Bonchev–Trinajstić information content (AvgIpc) is 2.45. The number of rotatable bonds is 7. The molecule has 0 saturated carbocycles. The number of carbonyl (C=O) groups excluding carboxylic acids is 2. The molecule has 2 N–H and O–H groups in total. The van der Waals surface area contributed by atoms with Crippen LogP contribution in [0.4, 0.5) is 5.69 Å². The highest BCUT2D eigenvalue weighted by atomic mass is 16.2. The Morgan fingerprint density at radius 1 is 1.15 bits per heavy atom. The van der Waals surface area contributed by atoms with E-state index in [0.717, 1.165) is 19.3 Å². The summed E-state index contributed by atoms with van der Waals surface area (Å²) in [6.45, 7) is 6.59. The number of benzene rings is 1. The van der Waals surface area contributed by atoms with Gasteiger partial charge in [-0.2, -0.15) is 0 Å². The number of hydrogen-bond acceptors (Lipinski definition) is 2. The van der Waals surface area contributed by atoms with Crippen molar-refractivity contribution in [1.82, 2.24) is 5.32 Å². The first-order valence-corrected chi connectivity index (χ1v) is 7.28. The minimum Gasteiger partial charge on any atom is -0.352 e. The molecule has 0 heterocycles. The van der Waals surface area contributed by atoms with Crippen molar-refractivity contribution in [2.24, 2.45) is 5.92 Å². The van der Waals surface area contributed by atoms with Gasteiger partial charge in [-0.15, -0.1) is 0 Å². The third-order valence-corrected chi connectivity index (χ3v) is 3.13. The largest absolute Gasteiger partial charge is 0.352 e. The van der Waals surface area contributed by atoms with E-state index < -0.39 is 0 Å². The standard InChI is InChI=1S/C16H24N2O2/c1-4-8-12(3)15(19)18-14-10-7-6-9-13(14)16(20)17-11-5-2/h6-7,9-10,12H,4-5,8,11H2,1-3H3,(H,17,20)(H,18,19). The van der Waals surface area contributed by atoms with Crippen LogP contribution < -0.4 is 10.6 Å². The molecule has 4 heteroatoms. The maximum atomic E-state index is 12.0. The van der Waals surface area contributed by atoms with E-state index in [1.165, 1.54) is 0 Å². The predicted molar refractivity (Wildman–Crippen MR) is 81.8 cm³/mol. The molecule has 110 valence electrons. The van der Waals surface area contributed by atoms with Crippen molar-refractivity contribution in [3.63, 3.8) is 0 Å². The molecule has 20 heavy (non-hydrogen) atoms. The summed E-state index contributed by atoms with van der Waals surface area (Å²) in [5.41, 5.74) is 1.09. The number of amides is 2. The van der Waals surface area contributed by atoms with Crippen LogP contribution in [0.15, 0.2) is 24.3 Å². The number of hydrogen-bond donors (Lipinski definition) is 2. The van der Waals surface area contributed by atoms with E-state index in [4.69, 9.17) is 0 Å². The zero-order chi connectivity index (χ0) is 15.0. The number of anilines is 1. The van der Waals surface area contributed by atoms with Crippen LogP contribution in [-0.4, -0.2) is 18.4 Å². The SMILES string of the molecule is CCCNC(=O)c1ccccc1NC(=O)C(C)CCC. The summed E-state index contributed by atoms with van der Waals surface area (Å²) in [6, 6.07) is 7.10. The molecule has 4 nitrogen and oxygen atoms in total. The third kappa shape index (κ3) is 4.68. The van der Waals surface area contributed by atoms with E-state index in [1.807, 2.05) is 19.9 Å². The lowest BCUT2D eigenvalue weighted by atomic mass is 10.0. The minimum atomic E-state index is -0.147. The average molecular weight is 276 g/mol. The fourth-order valence-corrected chi connectivity index (χ4v) is 1.94. The molecule has 0 aliphatic rings. The smallest absolute Gasteiger partial charge is 0.253 e. The molecular formula is C16H24N2O2. The van der Waals surface area contributed by atoms with Crippen molar-refractivity contribution in [3.8, 4) is 0 Å². The summed E-state index contributed by atoms with van der Waals surface area (Å²) < 4.78 is 0. The highest BCUT2D eigenvalue weighted by Gasteiger charge is 2.16. The number of carbonyl (C=O) groups is 2. The molecule has 0 aromatic heterocycles. The summed E-state index contributed by atoms with van der Waals surface area (Å²) in [4.78, 5) is 24.1. The van der Waals surface area contributed by atoms with Crippen LogP contribution in [0.2, 0.25) is 0 Å². The second kappa shape index (κ2) is 8.35. The van der Waals surface area contributed by atoms with Crippen LogP contribution in [-0.2, 0) is 4.79 Å². The molecule has 1 unspecified atom stereocenters. The van der Waals surface area contributed by atoms with Gasteiger partial charge >= 0.3 is 0 Å². The van der Waals surface area contributed by atoms with Crippen LogP contribution in [0.5, 0.6) is 0 Å². The Kier molecular flexibility index (Phi) is 6.77. The van der Waals surface area contributed by atoms with Crippen LogP contribution in [0.3, 0.4) is 0 Å². The third-order valence-electron chi connectivity index (χ3n) is 3.13. The minimum absolute atomic E-state index is 0.0393. The van der Waals surface area contributed by atoms with Crippen LogP contribution in [0, 0.1) is 5.92 Å². The number of nitrogens with one attached hydrogen (secondary N) is 2. The Labute approximate surface area is 121 Å². The summed E-state index contributed by atoms with van der Waals surface area (Å²) in [5, 5.41) is 5.68. The van der Waals surface area contributed by atoms with Gasteiger partial charge in [-0.25, -0.2) is 0 Å². The van der Waals surface area contributed by atoms with E-state index in [9.17, 15) is 9.59 Å². The first kappa shape index (κ1) is 16.2. The second-order valence-corrected chi connectivity index (χ2v) is 4.98. The Hall–Kier alpha value is -1.84. The Morgan fingerprint density at radius 2 is 1.85 bits per heavy atom. The first-order chi connectivity index (χ1) is 9.60. The zero-order valence-electron chi connectivity index (χ0n) is 12.5. The monoisotopic (exact) mass is 276 g/mol. The molecule has 0 radical (unpaired) electrons. The molecule has 0 bridgehead atoms. The maximum absolute atomic E-state index is 12.0. The van der Waals surface area contributed by atoms with E-state index in [1.54, 1.807) is 18.2 Å². The highest BCUT2D eigenvalue weighted by molar-refractivity contribution is 6.04. The lowest BCUT2D eigenvalue weighted by Crippen LogP contribution is -2.27. The number of para-hydroxylation sites is 1. The van der Waals surface area contributed by atoms with Gasteiger partial charge in [-0.05, 0) is 25.0 Å². The van der Waals surface area contributed by atoms with E-state index >= 15 is 0 Å². The maximum Gasteiger partial charge on any atom is 0.253 e. The zero-order valence-corrected chi connectivity index (χ0v) is 12.5. The van der Waals surface area contributed by atoms with Gasteiger partial charge in [-0.3, -0.25) is 9.59 Å². The lowest BCUT2D eigenvalue weighted by Gasteiger charge is -2.14. The van der Waals surface area contributed by atoms with Crippen LogP contribution in [0.1, 0.15) is 50.4 Å². The van der Waals surface area contributed by atoms with Crippen molar-refractivity contribution in [3.05, 3.63) is 29.8 Å². The topological polar surface area (TPSA) is 58.2 Å². The fraction of sp³-hybridized carbons (Fsp3) is 0.500. The van der Waals surface area contributed by atoms with E-state index in [-0.39, 0.29) is 17.7 Å². The van der Waals surface area contributed by atoms with Gasteiger partial charge < -0.3 is 10.6 Å². The van der Waals surface area contributed by atoms with Crippen molar-refractivity contribution < 1.29 is 9.59 Å². The van der Waals surface area contributed by atoms with Gasteiger partial charge in [0.1, 0.15) is 0 Å². The summed E-state index contributed by atoms with van der Waals surface area (Å²) in [7, 11) is 0. The molecule has 1 aromatic rings. The molecule has 2 amide bonds. The molecule has 1 rings (SSSR count). The normalized spacial score (nSPS) is 11.8. The lowest BCUT2D eigenvalue weighted by molar-refractivity contribution is -0.119. The van der Waals surface area contributed by atoms with Crippen molar-refractivity contribution in [1.29, 1.82) is 0 Å². The van der Waals surface area contributed by atoms with Crippen molar-refractivity contribution in [2.75, 3.05) is 11.9 Å². The van der Waals surface area contributed by atoms with Crippen molar-refractivity contribution >= 4 is 17.5 Å². The molecular weight excluding hydrogens is 252 g/mol. The molecule has 0 spiro atoms. The predicted octanol–water partition coefficient (Wildman–Crippen LogP) is 3.20. The molecule has 0 aliphatic carbocycles. The van der Waals surface area contributed by atoms with Gasteiger partial charge in [0, 0.05) is 12.5 Å². The first-order valence-electron chi connectivity index (χ1n) is 7.28. The Balaban J connectivity index is 2.80. The van der Waals surface area contributed by atoms with Gasteiger partial charge in [0.05, 0.1) is 11.3 Å². The molecule has 0 aliphatic heterocycles. The van der Waals surface area contributed by atoms with Gasteiger partial charge in [0.25, 0.3) is 5.91 Å². The van der Waals surface area contributed by atoms with Gasteiger partial charge in [-0.1, -0.05) is 39.3 Å². The van der Waals surface area contributed by atoms with Crippen molar-refractivity contribution in [2.45, 2.75) is 40.0 Å². The van der Waals surface area contributed by atoms with E-state index in [2.05, 4.69) is 17.6 Å².